The predicted molar refractivity (Wildman–Crippen MR) is 99.8 cm³/mol. The van der Waals surface area contributed by atoms with Crippen LogP contribution in [0.25, 0.3) is 0 Å². The second-order valence-electron chi connectivity index (χ2n) is 7.42. The van der Waals surface area contributed by atoms with Crippen LogP contribution in [0.5, 0.6) is 0 Å². The summed E-state index contributed by atoms with van der Waals surface area (Å²) in [4.78, 5) is 26.2. The van der Waals surface area contributed by atoms with E-state index in [1.807, 2.05) is 0 Å². The van der Waals surface area contributed by atoms with E-state index in [1.54, 1.807) is 0 Å². The van der Waals surface area contributed by atoms with Gasteiger partial charge in [0.15, 0.2) is 5.84 Å². The summed E-state index contributed by atoms with van der Waals surface area (Å²) >= 11 is 0. The van der Waals surface area contributed by atoms with E-state index in [4.69, 9.17) is 4.74 Å². The number of amidine groups is 1. The van der Waals surface area contributed by atoms with E-state index < -0.39 is 18.5 Å². The molecule has 0 aliphatic carbocycles. The van der Waals surface area contributed by atoms with Crippen LogP contribution in [0.3, 0.4) is 0 Å². The fourth-order valence-electron chi connectivity index (χ4n) is 3.69. The molecule has 0 radical (unpaired) electrons. The maximum Gasteiger partial charge on any atom is 1.00 e. The Balaban J connectivity index is -0.00000243. The van der Waals surface area contributed by atoms with Crippen molar-refractivity contribution in [3.8, 4) is 0 Å². The Morgan fingerprint density at radius 3 is 2.07 bits per heavy atom. The van der Waals surface area contributed by atoms with E-state index in [9.17, 15) is 19.8 Å². The van der Waals surface area contributed by atoms with Crippen LogP contribution in [0.4, 0.5) is 0 Å². The van der Waals surface area contributed by atoms with Crippen LogP contribution in [-0.4, -0.2) is 61.7 Å². The van der Waals surface area contributed by atoms with Gasteiger partial charge in [0.1, 0.15) is 19.6 Å². The first-order valence-electron chi connectivity index (χ1n) is 10.4. The van der Waals surface area contributed by atoms with Gasteiger partial charge in [0, 0.05) is 6.42 Å². The Labute approximate surface area is 232 Å². The molecular weight excluding hydrogens is 430 g/mol. The van der Waals surface area contributed by atoms with E-state index in [-0.39, 0.29) is 89.2 Å². The van der Waals surface area contributed by atoms with Gasteiger partial charge in [0.05, 0.1) is 31.7 Å². The second-order valence-corrected chi connectivity index (χ2v) is 7.42. The quantitative estimate of drug-likeness (QED) is 0.121. The molecule has 164 valence electrons. The van der Waals surface area contributed by atoms with Crippen LogP contribution < -0.4 is 81.7 Å². The van der Waals surface area contributed by atoms with Crippen molar-refractivity contribution < 1.29 is 101 Å². The molecule has 30 heavy (non-hydrogen) atoms. The standard InChI is InChI=1S/C20H36N2O5.ClH.2Na/c1-2-3-4-5-6-7-8-9-10-11-18-21-12-13-22(18,16-19(23)24)14-15-27-17-20(25)26;;;/h2-17H2,1H3,(H-,23,24,25,26);1H;;/q;;2*+1/p-2. The van der Waals surface area contributed by atoms with E-state index >= 15 is 0 Å². The molecular formula is C20H35ClN2Na2O5. The zero-order valence-electron chi connectivity index (χ0n) is 19.1. The number of quaternary nitrogens is 1. The molecule has 0 spiro atoms. The number of aliphatic carboxylic acids is 2. The van der Waals surface area contributed by atoms with Gasteiger partial charge in [-0.05, 0) is 6.42 Å². The van der Waals surface area contributed by atoms with Crippen LogP contribution in [0, 0.1) is 0 Å². The molecule has 0 aromatic carbocycles. The normalized spacial score (nSPS) is 17.3. The smallest absolute Gasteiger partial charge is 1.00 e. The average molecular weight is 465 g/mol. The molecule has 0 amide bonds. The summed E-state index contributed by atoms with van der Waals surface area (Å²) in [6.07, 6.45) is 11.9. The maximum absolute atomic E-state index is 11.2. The number of halogens is 1. The SMILES string of the molecule is CCCCCCCCCCCC1=NCC[N+]1(CCOCC(=O)[O-])CC(=O)[O-].[Cl-].[Na+].[Na+]. The summed E-state index contributed by atoms with van der Waals surface area (Å²) in [5, 5.41) is 21.7. The number of carboxylic acid groups (broad SMARTS) is 2. The number of carboxylic acids is 2. The minimum Gasteiger partial charge on any atom is -1.00 e. The minimum absolute atomic E-state index is 0. The third kappa shape index (κ3) is 15.6. The molecule has 0 saturated carbocycles. The molecule has 1 atom stereocenters. The molecule has 1 heterocycles. The van der Waals surface area contributed by atoms with E-state index in [0.717, 1.165) is 25.1 Å². The first-order valence-corrected chi connectivity index (χ1v) is 10.4. The van der Waals surface area contributed by atoms with Gasteiger partial charge in [-0.15, -0.1) is 0 Å². The Bertz CT molecular complexity index is 498. The number of hydrogen-bond donors (Lipinski definition) is 0. The van der Waals surface area contributed by atoms with Crippen molar-refractivity contribution in [2.45, 2.75) is 71.1 Å². The van der Waals surface area contributed by atoms with Gasteiger partial charge in [0.2, 0.25) is 0 Å². The summed E-state index contributed by atoms with van der Waals surface area (Å²) < 4.78 is 5.29. The topological polar surface area (TPSA) is 102 Å². The van der Waals surface area contributed by atoms with Crippen molar-refractivity contribution in [2.24, 2.45) is 4.99 Å². The Kier molecular flexibility index (Phi) is 25.6. The fraction of sp³-hybridized carbons (Fsp3) is 0.850. The molecule has 7 nitrogen and oxygen atoms in total. The number of carbonyl (C=O) groups is 2. The first-order chi connectivity index (χ1) is 13.0. The number of rotatable bonds is 17. The molecule has 0 aromatic heterocycles. The van der Waals surface area contributed by atoms with Gasteiger partial charge in [0.25, 0.3) is 0 Å². The number of ether oxygens (including phenoxy) is 1. The van der Waals surface area contributed by atoms with Gasteiger partial charge in [-0.3, -0.25) is 4.48 Å². The summed E-state index contributed by atoms with van der Waals surface area (Å²) in [7, 11) is 0. The number of nitrogens with zero attached hydrogens (tertiary/aromatic N) is 2. The largest absolute Gasteiger partial charge is 1.00 e. The number of carbonyl (C=O) groups excluding carboxylic acids is 2. The van der Waals surface area contributed by atoms with Gasteiger partial charge < -0.3 is 36.9 Å². The molecule has 0 fully saturated rings. The minimum atomic E-state index is -1.27. The van der Waals surface area contributed by atoms with Crippen molar-refractivity contribution in [3.05, 3.63) is 0 Å². The molecule has 1 aliphatic heterocycles. The summed E-state index contributed by atoms with van der Waals surface area (Å²) in [6.45, 7) is 3.38. The van der Waals surface area contributed by atoms with Gasteiger partial charge in [-0.25, -0.2) is 4.99 Å². The molecule has 1 rings (SSSR count). The molecule has 1 aliphatic rings. The number of aliphatic imine (C=N–C) groups is 1. The van der Waals surface area contributed by atoms with Crippen molar-refractivity contribution in [3.63, 3.8) is 0 Å². The Morgan fingerprint density at radius 2 is 1.53 bits per heavy atom. The Hall–Kier alpha value is 0.820. The van der Waals surface area contributed by atoms with Crippen LogP contribution >= 0.6 is 0 Å². The van der Waals surface area contributed by atoms with Crippen LogP contribution in [0.2, 0.25) is 0 Å². The van der Waals surface area contributed by atoms with Gasteiger partial charge >= 0.3 is 59.1 Å². The van der Waals surface area contributed by atoms with E-state index in [0.29, 0.717) is 19.6 Å². The van der Waals surface area contributed by atoms with E-state index in [1.165, 1.54) is 44.9 Å². The average Bonchev–Trinajstić information content (AvgIpc) is 2.99. The van der Waals surface area contributed by atoms with Crippen molar-refractivity contribution in [1.82, 2.24) is 0 Å². The third-order valence-electron chi connectivity index (χ3n) is 5.19. The van der Waals surface area contributed by atoms with Gasteiger partial charge in [-0.2, -0.15) is 0 Å². The second kappa shape index (κ2) is 21.7. The van der Waals surface area contributed by atoms with Crippen molar-refractivity contribution in [1.29, 1.82) is 0 Å². The van der Waals surface area contributed by atoms with Crippen LogP contribution in [-0.2, 0) is 14.3 Å². The molecule has 10 heteroatoms. The molecule has 0 bridgehead atoms. The van der Waals surface area contributed by atoms with Crippen molar-refractivity contribution in [2.75, 3.05) is 39.4 Å². The number of hydrogen-bond acceptors (Lipinski definition) is 6. The predicted octanol–water partition coefficient (Wildman–Crippen LogP) is -8.34. The molecule has 0 saturated heterocycles. The maximum atomic E-state index is 11.2. The van der Waals surface area contributed by atoms with Crippen molar-refractivity contribution >= 4 is 17.8 Å². The first kappa shape index (κ1) is 35.4. The monoisotopic (exact) mass is 464 g/mol. The molecule has 1 unspecified atom stereocenters. The molecule has 0 N–H and O–H groups in total. The zero-order chi connectivity index (χ0) is 20.0. The van der Waals surface area contributed by atoms with Crippen LogP contribution in [0.1, 0.15) is 71.1 Å². The Morgan fingerprint density at radius 1 is 0.967 bits per heavy atom. The molecule has 0 aromatic rings. The summed E-state index contributed by atoms with van der Waals surface area (Å²) in [5.74, 6) is -1.50. The summed E-state index contributed by atoms with van der Waals surface area (Å²) in [6, 6.07) is 0. The summed E-state index contributed by atoms with van der Waals surface area (Å²) in [5.41, 5.74) is 0. The number of unbranched alkanes of at least 4 members (excludes halogenated alkanes) is 8. The van der Waals surface area contributed by atoms with Crippen LogP contribution in [0.15, 0.2) is 4.99 Å². The van der Waals surface area contributed by atoms with Gasteiger partial charge in [-0.1, -0.05) is 58.3 Å². The zero-order valence-corrected chi connectivity index (χ0v) is 23.9. The third-order valence-corrected chi connectivity index (χ3v) is 5.19. The fourth-order valence-corrected chi connectivity index (χ4v) is 3.69. The van der Waals surface area contributed by atoms with E-state index in [2.05, 4.69) is 11.9 Å².